The monoisotopic (exact) mass is 240 g/mol. The zero-order valence-corrected chi connectivity index (χ0v) is 11.5. The highest BCUT2D eigenvalue weighted by molar-refractivity contribution is 5.90. The van der Waals surface area contributed by atoms with Crippen LogP contribution in [0.1, 0.15) is 41.0 Å². The molecule has 1 aliphatic heterocycles. The van der Waals surface area contributed by atoms with Crippen molar-refractivity contribution < 1.29 is 9.59 Å². The normalized spacial score (nSPS) is 27.1. The summed E-state index contributed by atoms with van der Waals surface area (Å²) in [5.41, 5.74) is 5.71. The summed E-state index contributed by atoms with van der Waals surface area (Å²) in [6.07, 6.45) is 0.882. The minimum Gasteiger partial charge on any atom is -0.331 e. The molecule has 0 aromatic heterocycles. The van der Waals surface area contributed by atoms with Crippen LogP contribution in [0.15, 0.2) is 0 Å². The predicted molar refractivity (Wildman–Crippen MR) is 67.4 cm³/mol. The van der Waals surface area contributed by atoms with Gasteiger partial charge in [0.15, 0.2) is 5.78 Å². The fourth-order valence-electron chi connectivity index (χ4n) is 2.36. The van der Waals surface area contributed by atoms with Crippen molar-refractivity contribution in [3.05, 3.63) is 0 Å². The van der Waals surface area contributed by atoms with Gasteiger partial charge in [-0.3, -0.25) is 9.59 Å². The molecule has 1 amide bonds. The molecule has 0 aromatic rings. The summed E-state index contributed by atoms with van der Waals surface area (Å²) in [6, 6.07) is -0.828. The van der Waals surface area contributed by atoms with Crippen LogP contribution in [0.2, 0.25) is 0 Å². The van der Waals surface area contributed by atoms with Crippen LogP contribution in [0.5, 0.6) is 0 Å². The Kier molecular flexibility index (Phi) is 3.97. The molecule has 0 aliphatic carbocycles. The topological polar surface area (TPSA) is 63.4 Å². The molecule has 2 N–H and O–H groups in total. The van der Waals surface area contributed by atoms with Crippen molar-refractivity contribution in [3.8, 4) is 0 Å². The van der Waals surface area contributed by atoms with E-state index in [0.717, 1.165) is 6.42 Å². The second kappa shape index (κ2) is 4.77. The first-order valence-electron chi connectivity index (χ1n) is 6.22. The molecule has 1 heterocycles. The number of carbonyl (C=O) groups is 2. The van der Waals surface area contributed by atoms with Crippen LogP contribution in [0.4, 0.5) is 0 Å². The number of likely N-dealkylation sites (tertiary alicyclic amines) is 1. The first-order valence-corrected chi connectivity index (χ1v) is 6.22. The van der Waals surface area contributed by atoms with Crippen LogP contribution in [0.25, 0.3) is 0 Å². The average molecular weight is 240 g/mol. The van der Waals surface area contributed by atoms with Crippen molar-refractivity contribution >= 4 is 11.7 Å². The third-order valence-electron chi connectivity index (χ3n) is 3.60. The molecule has 1 saturated heterocycles. The predicted octanol–water partition coefficient (Wildman–Crippen LogP) is 1.19. The van der Waals surface area contributed by atoms with Gasteiger partial charge in [-0.05, 0) is 24.7 Å². The molecule has 1 rings (SSSR count). The number of nitrogens with two attached hydrogens (primary N) is 1. The van der Waals surface area contributed by atoms with Crippen LogP contribution in [0.3, 0.4) is 0 Å². The maximum absolute atomic E-state index is 12.3. The van der Waals surface area contributed by atoms with Crippen molar-refractivity contribution in [3.63, 3.8) is 0 Å². The van der Waals surface area contributed by atoms with Crippen molar-refractivity contribution in [2.45, 2.75) is 53.1 Å². The number of nitrogens with zero attached hydrogens (tertiary/aromatic N) is 1. The maximum Gasteiger partial charge on any atom is 0.240 e. The Balaban J connectivity index is 2.86. The molecule has 3 atom stereocenters. The number of carbonyl (C=O) groups excluding carboxylic acids is 2. The second-order valence-electron chi connectivity index (χ2n) is 6.20. The van der Waals surface area contributed by atoms with Crippen molar-refractivity contribution in [2.24, 2.45) is 17.1 Å². The number of rotatable bonds is 2. The highest BCUT2D eigenvalue weighted by atomic mass is 16.2. The summed E-state index contributed by atoms with van der Waals surface area (Å²) in [7, 11) is 0. The molecule has 4 heteroatoms. The first kappa shape index (κ1) is 14.2. The lowest BCUT2D eigenvalue weighted by Gasteiger charge is -2.33. The van der Waals surface area contributed by atoms with Gasteiger partial charge in [0.05, 0.1) is 12.1 Å². The van der Waals surface area contributed by atoms with E-state index in [1.54, 1.807) is 11.8 Å². The summed E-state index contributed by atoms with van der Waals surface area (Å²) >= 11 is 0. The summed E-state index contributed by atoms with van der Waals surface area (Å²) in [4.78, 5) is 25.6. The molecule has 1 unspecified atom stereocenters. The number of ketones is 1. The van der Waals surface area contributed by atoms with Crippen molar-refractivity contribution in [1.29, 1.82) is 0 Å². The quantitative estimate of drug-likeness (QED) is 0.788. The average Bonchev–Trinajstić information content (AvgIpc) is 2.56. The Hall–Kier alpha value is -0.900. The van der Waals surface area contributed by atoms with Gasteiger partial charge in [-0.1, -0.05) is 27.7 Å². The van der Waals surface area contributed by atoms with E-state index in [4.69, 9.17) is 5.73 Å². The van der Waals surface area contributed by atoms with Crippen molar-refractivity contribution in [2.75, 3.05) is 6.54 Å². The molecule has 0 bridgehead atoms. The Morgan fingerprint density at radius 2 is 1.88 bits per heavy atom. The smallest absolute Gasteiger partial charge is 0.240 e. The molecular formula is C13H24N2O2. The van der Waals surface area contributed by atoms with E-state index in [9.17, 15) is 9.59 Å². The highest BCUT2D eigenvalue weighted by Crippen LogP contribution is 2.28. The zero-order valence-electron chi connectivity index (χ0n) is 11.5. The second-order valence-corrected chi connectivity index (χ2v) is 6.20. The van der Waals surface area contributed by atoms with E-state index in [1.165, 1.54) is 0 Å². The van der Waals surface area contributed by atoms with Crippen LogP contribution in [-0.2, 0) is 9.59 Å². The minimum atomic E-state index is -0.547. The molecule has 0 spiro atoms. The van der Waals surface area contributed by atoms with Gasteiger partial charge in [0.1, 0.15) is 0 Å². The highest BCUT2D eigenvalue weighted by Gasteiger charge is 2.41. The van der Waals surface area contributed by atoms with E-state index >= 15 is 0 Å². The third-order valence-corrected chi connectivity index (χ3v) is 3.60. The number of Topliss-reactive ketones (excluding diaryl/α,β-unsaturated/α-hetero) is 1. The standard InChI is InChI=1S/C13H24N2O2/c1-8-6-7-15(10(8)9(2)16)12(17)11(14)13(3,4)5/h8,10-11H,6-7,14H2,1-5H3/t8-,10+,11?/m1/s1. The van der Waals surface area contributed by atoms with Gasteiger partial charge in [0.25, 0.3) is 0 Å². The first-order chi connectivity index (χ1) is 7.66. The molecule has 1 fully saturated rings. The number of hydrogen-bond acceptors (Lipinski definition) is 3. The molecule has 4 nitrogen and oxygen atoms in total. The van der Waals surface area contributed by atoms with Crippen LogP contribution in [0, 0.1) is 11.3 Å². The van der Waals surface area contributed by atoms with Gasteiger partial charge in [0, 0.05) is 6.54 Å². The molecule has 1 aliphatic rings. The van der Waals surface area contributed by atoms with Gasteiger partial charge in [0.2, 0.25) is 5.91 Å². The van der Waals surface area contributed by atoms with Gasteiger partial charge >= 0.3 is 0 Å². The van der Waals surface area contributed by atoms with Crippen LogP contribution >= 0.6 is 0 Å². The van der Waals surface area contributed by atoms with Crippen LogP contribution < -0.4 is 5.73 Å². The van der Waals surface area contributed by atoms with Gasteiger partial charge in [-0.25, -0.2) is 0 Å². The Bertz CT molecular complexity index is 320. The number of amides is 1. The van der Waals surface area contributed by atoms with Gasteiger partial charge < -0.3 is 10.6 Å². The van der Waals surface area contributed by atoms with E-state index < -0.39 is 6.04 Å². The van der Waals surface area contributed by atoms with Crippen molar-refractivity contribution in [1.82, 2.24) is 4.90 Å². The summed E-state index contributed by atoms with van der Waals surface area (Å²) in [5, 5.41) is 0. The summed E-state index contributed by atoms with van der Waals surface area (Å²) in [5.74, 6) is 0.204. The Morgan fingerprint density at radius 3 is 2.29 bits per heavy atom. The van der Waals surface area contributed by atoms with Gasteiger partial charge in [-0.15, -0.1) is 0 Å². The molecule has 98 valence electrons. The van der Waals surface area contributed by atoms with Gasteiger partial charge in [-0.2, -0.15) is 0 Å². The lowest BCUT2D eigenvalue weighted by molar-refractivity contribution is -0.140. The molecule has 0 aromatic carbocycles. The lowest BCUT2D eigenvalue weighted by atomic mass is 9.86. The Labute approximate surface area is 104 Å². The maximum atomic E-state index is 12.3. The minimum absolute atomic E-state index is 0.0597. The largest absolute Gasteiger partial charge is 0.331 e. The molecule has 0 radical (unpaired) electrons. The zero-order chi connectivity index (χ0) is 13.4. The number of hydrogen-bond donors (Lipinski definition) is 1. The van der Waals surface area contributed by atoms with E-state index in [2.05, 4.69) is 0 Å². The molecule has 0 saturated carbocycles. The summed E-state index contributed by atoms with van der Waals surface area (Å²) in [6.45, 7) is 10.0. The fourth-order valence-corrected chi connectivity index (χ4v) is 2.36. The van der Waals surface area contributed by atoms with E-state index in [-0.39, 0.29) is 29.1 Å². The van der Waals surface area contributed by atoms with E-state index in [1.807, 2.05) is 27.7 Å². The fraction of sp³-hybridized carbons (Fsp3) is 0.846. The third kappa shape index (κ3) is 2.86. The van der Waals surface area contributed by atoms with Crippen LogP contribution in [-0.4, -0.2) is 35.2 Å². The molecular weight excluding hydrogens is 216 g/mol. The SMILES string of the molecule is CC(=O)[C@@H]1[C@H](C)CCN1C(=O)C(N)C(C)(C)C. The van der Waals surface area contributed by atoms with E-state index in [0.29, 0.717) is 6.54 Å². The Morgan fingerprint density at radius 1 is 1.35 bits per heavy atom. The molecule has 17 heavy (non-hydrogen) atoms. The summed E-state index contributed by atoms with van der Waals surface area (Å²) < 4.78 is 0. The lowest BCUT2D eigenvalue weighted by Crippen LogP contribution is -2.53.